The van der Waals surface area contributed by atoms with Crippen LogP contribution in [-0.2, 0) is 11.3 Å². The minimum absolute atomic E-state index is 0.0115. The zero-order valence-corrected chi connectivity index (χ0v) is 12.5. The molecule has 0 bridgehead atoms. The van der Waals surface area contributed by atoms with Crippen molar-refractivity contribution in [3.8, 4) is 0 Å². The van der Waals surface area contributed by atoms with Gasteiger partial charge in [-0.25, -0.2) is 0 Å². The molecule has 6 heteroatoms. The number of rotatable bonds is 4. The van der Waals surface area contributed by atoms with Crippen molar-refractivity contribution in [3.05, 3.63) is 59.0 Å². The maximum Gasteiger partial charge on any atom is 0.254 e. The van der Waals surface area contributed by atoms with Crippen LogP contribution in [-0.4, -0.2) is 29.3 Å². The van der Waals surface area contributed by atoms with Gasteiger partial charge in [0.15, 0.2) is 0 Å². The molecule has 2 heterocycles. The Morgan fingerprint density at radius 1 is 1.36 bits per heavy atom. The van der Waals surface area contributed by atoms with Crippen molar-refractivity contribution < 1.29 is 14.0 Å². The molecular formula is C16H15ClN2O3. The molecule has 1 fully saturated rings. The summed E-state index contributed by atoms with van der Waals surface area (Å²) in [6, 6.07) is 8.83. The van der Waals surface area contributed by atoms with E-state index in [0.29, 0.717) is 30.1 Å². The van der Waals surface area contributed by atoms with Gasteiger partial charge in [0, 0.05) is 24.5 Å². The van der Waals surface area contributed by atoms with Crippen LogP contribution in [0.3, 0.4) is 0 Å². The van der Waals surface area contributed by atoms with E-state index >= 15 is 0 Å². The topological polar surface area (TPSA) is 62.6 Å². The number of hydrogen-bond donors (Lipinski definition) is 1. The van der Waals surface area contributed by atoms with E-state index in [9.17, 15) is 9.59 Å². The number of carbonyl (C=O) groups excluding carboxylic acids is 2. The number of carbonyl (C=O) groups is 2. The minimum Gasteiger partial charge on any atom is -0.472 e. The highest BCUT2D eigenvalue weighted by Crippen LogP contribution is 2.20. The minimum atomic E-state index is -0.230. The Hall–Kier alpha value is -2.27. The molecule has 3 rings (SSSR count). The highest BCUT2D eigenvalue weighted by atomic mass is 35.5. The Balaban J connectivity index is 1.61. The predicted molar refractivity (Wildman–Crippen MR) is 81.4 cm³/mol. The summed E-state index contributed by atoms with van der Waals surface area (Å²) in [4.78, 5) is 25.8. The highest BCUT2D eigenvalue weighted by Gasteiger charge is 2.31. The lowest BCUT2D eigenvalue weighted by atomic mass is 10.2. The van der Waals surface area contributed by atoms with Crippen molar-refractivity contribution in [2.75, 3.05) is 6.54 Å². The van der Waals surface area contributed by atoms with Crippen LogP contribution >= 0.6 is 11.6 Å². The van der Waals surface area contributed by atoms with Gasteiger partial charge in [-0.15, -0.1) is 0 Å². The fraction of sp³-hybridized carbons (Fsp3) is 0.250. The van der Waals surface area contributed by atoms with Gasteiger partial charge >= 0.3 is 0 Å². The van der Waals surface area contributed by atoms with Crippen molar-refractivity contribution in [2.24, 2.45) is 0 Å². The van der Waals surface area contributed by atoms with Crippen LogP contribution in [0.1, 0.15) is 22.3 Å². The molecule has 0 saturated carbocycles. The first-order chi connectivity index (χ1) is 10.6. The molecule has 0 radical (unpaired) electrons. The van der Waals surface area contributed by atoms with E-state index in [1.165, 1.54) is 12.5 Å². The first-order valence-corrected chi connectivity index (χ1v) is 7.35. The number of furan rings is 1. The molecule has 114 valence electrons. The maximum absolute atomic E-state index is 12.1. The molecule has 1 aliphatic heterocycles. The molecule has 0 spiro atoms. The lowest BCUT2D eigenvalue weighted by molar-refractivity contribution is -0.128. The van der Waals surface area contributed by atoms with Crippen LogP contribution in [0, 0.1) is 0 Å². The van der Waals surface area contributed by atoms with E-state index in [1.54, 1.807) is 17.0 Å². The average molecular weight is 319 g/mol. The van der Waals surface area contributed by atoms with Crippen LogP contribution in [0.2, 0.25) is 5.02 Å². The summed E-state index contributed by atoms with van der Waals surface area (Å²) in [5.74, 6) is -0.219. The first-order valence-electron chi connectivity index (χ1n) is 6.98. The van der Waals surface area contributed by atoms with Crippen molar-refractivity contribution in [1.82, 2.24) is 10.2 Å². The van der Waals surface area contributed by atoms with Gasteiger partial charge in [0.25, 0.3) is 5.91 Å². The Morgan fingerprint density at radius 2 is 2.18 bits per heavy atom. The Labute approximate surface area is 132 Å². The molecule has 2 amide bonds. The second-order valence-corrected chi connectivity index (χ2v) is 5.66. The smallest absolute Gasteiger partial charge is 0.254 e. The standard InChI is InChI=1S/C16H15ClN2O3/c17-14-4-2-1-3-11(14)8-19-9-13(7-15(19)20)18-16(21)12-5-6-22-10-12/h1-6,10,13H,7-9H2,(H,18,21)/t13-/m1/s1. The number of nitrogens with zero attached hydrogens (tertiary/aromatic N) is 1. The van der Waals surface area contributed by atoms with E-state index in [1.807, 2.05) is 18.2 Å². The second kappa shape index (κ2) is 6.23. The van der Waals surface area contributed by atoms with Gasteiger partial charge in [-0.05, 0) is 17.7 Å². The van der Waals surface area contributed by atoms with E-state index < -0.39 is 0 Å². The second-order valence-electron chi connectivity index (χ2n) is 5.25. The molecule has 0 aliphatic carbocycles. The largest absolute Gasteiger partial charge is 0.472 e. The number of halogens is 1. The maximum atomic E-state index is 12.1. The van der Waals surface area contributed by atoms with Crippen molar-refractivity contribution in [3.63, 3.8) is 0 Å². The fourth-order valence-electron chi connectivity index (χ4n) is 2.52. The molecule has 22 heavy (non-hydrogen) atoms. The average Bonchev–Trinajstić information content (AvgIpc) is 3.12. The van der Waals surface area contributed by atoms with Gasteiger partial charge < -0.3 is 14.6 Å². The molecule has 5 nitrogen and oxygen atoms in total. The molecule has 1 aromatic heterocycles. The van der Waals surface area contributed by atoms with Gasteiger partial charge in [0.05, 0.1) is 17.9 Å². The van der Waals surface area contributed by atoms with E-state index in [2.05, 4.69) is 5.32 Å². The SMILES string of the molecule is O=C(N[C@@H]1CC(=O)N(Cc2ccccc2Cl)C1)c1ccoc1. The van der Waals surface area contributed by atoms with Crippen LogP contribution < -0.4 is 5.32 Å². The van der Waals surface area contributed by atoms with E-state index in [0.717, 1.165) is 5.56 Å². The summed E-state index contributed by atoms with van der Waals surface area (Å²) < 4.78 is 4.88. The van der Waals surface area contributed by atoms with Gasteiger partial charge in [0.1, 0.15) is 6.26 Å². The van der Waals surface area contributed by atoms with Crippen molar-refractivity contribution >= 4 is 23.4 Å². The predicted octanol–water partition coefficient (Wildman–Crippen LogP) is 2.46. The van der Waals surface area contributed by atoms with Gasteiger partial charge in [-0.1, -0.05) is 29.8 Å². The van der Waals surface area contributed by atoms with Crippen LogP contribution in [0.15, 0.2) is 47.3 Å². The molecule has 1 atom stereocenters. The molecule has 2 aromatic rings. The fourth-order valence-corrected chi connectivity index (χ4v) is 2.71. The summed E-state index contributed by atoms with van der Waals surface area (Å²) in [5, 5.41) is 3.49. The number of likely N-dealkylation sites (tertiary alicyclic amines) is 1. The molecule has 1 N–H and O–H groups in total. The number of nitrogens with one attached hydrogen (secondary N) is 1. The monoisotopic (exact) mass is 318 g/mol. The van der Waals surface area contributed by atoms with Crippen LogP contribution in [0.5, 0.6) is 0 Å². The third-order valence-electron chi connectivity index (χ3n) is 3.65. The number of benzene rings is 1. The first kappa shape index (κ1) is 14.7. The van der Waals surface area contributed by atoms with E-state index in [4.69, 9.17) is 16.0 Å². The summed E-state index contributed by atoms with van der Waals surface area (Å²) in [5.41, 5.74) is 1.36. The Morgan fingerprint density at radius 3 is 2.91 bits per heavy atom. The van der Waals surface area contributed by atoms with Gasteiger partial charge in [-0.3, -0.25) is 9.59 Å². The van der Waals surface area contributed by atoms with Gasteiger partial charge in [0.2, 0.25) is 5.91 Å². The summed E-state index contributed by atoms with van der Waals surface area (Å²) >= 11 is 6.12. The Kier molecular flexibility index (Phi) is 4.15. The quantitative estimate of drug-likeness (QED) is 0.942. The third kappa shape index (κ3) is 3.14. The van der Waals surface area contributed by atoms with Crippen molar-refractivity contribution in [2.45, 2.75) is 19.0 Å². The zero-order valence-electron chi connectivity index (χ0n) is 11.8. The third-order valence-corrected chi connectivity index (χ3v) is 4.02. The lowest BCUT2D eigenvalue weighted by Gasteiger charge is -2.17. The van der Waals surface area contributed by atoms with Crippen LogP contribution in [0.4, 0.5) is 0 Å². The number of hydrogen-bond acceptors (Lipinski definition) is 3. The molecule has 1 aromatic carbocycles. The summed E-state index contributed by atoms with van der Waals surface area (Å²) in [7, 11) is 0. The Bertz CT molecular complexity index is 684. The zero-order chi connectivity index (χ0) is 15.5. The lowest BCUT2D eigenvalue weighted by Crippen LogP contribution is -2.36. The summed E-state index contributed by atoms with van der Waals surface area (Å²) in [6.07, 6.45) is 3.13. The molecule has 0 unspecified atom stereocenters. The number of amides is 2. The molecule has 1 saturated heterocycles. The van der Waals surface area contributed by atoms with Crippen molar-refractivity contribution in [1.29, 1.82) is 0 Å². The molecule has 1 aliphatic rings. The van der Waals surface area contributed by atoms with Crippen LogP contribution in [0.25, 0.3) is 0 Å². The summed E-state index contributed by atoms with van der Waals surface area (Å²) in [6.45, 7) is 0.935. The van der Waals surface area contributed by atoms with Gasteiger partial charge in [-0.2, -0.15) is 0 Å². The van der Waals surface area contributed by atoms with E-state index in [-0.39, 0.29) is 17.9 Å². The molecular weight excluding hydrogens is 304 g/mol. The highest BCUT2D eigenvalue weighted by molar-refractivity contribution is 6.31. The normalized spacial score (nSPS) is 17.8.